The Balaban J connectivity index is 1.26. The minimum Gasteiger partial charge on any atom is -0.280 e. The number of hydrogen-bond donors (Lipinski definition) is 0. The van der Waals surface area contributed by atoms with E-state index in [1.54, 1.807) is 11.8 Å². The first kappa shape index (κ1) is 22.5. The molecule has 1 amide bonds. The van der Waals surface area contributed by atoms with E-state index in [1.165, 1.54) is 46.2 Å². The summed E-state index contributed by atoms with van der Waals surface area (Å²) in [6.45, 7) is 2.35. The largest absolute Gasteiger partial charge is 0.280 e. The molecule has 0 saturated heterocycles. The molecule has 0 radical (unpaired) electrons. The Labute approximate surface area is 220 Å². The molecule has 1 atom stereocenters. The maximum Gasteiger partial charge on any atom is 0.241 e. The molecular formula is C30H29N3OS2. The summed E-state index contributed by atoms with van der Waals surface area (Å²) in [6, 6.07) is 16.7. The normalized spacial score (nSPS) is 18.9. The molecule has 0 spiro atoms. The highest BCUT2D eigenvalue weighted by atomic mass is 32.2. The van der Waals surface area contributed by atoms with E-state index in [4.69, 9.17) is 9.97 Å². The number of thioether (sulfide) groups is 1. The van der Waals surface area contributed by atoms with E-state index in [0.29, 0.717) is 11.7 Å². The van der Waals surface area contributed by atoms with Gasteiger partial charge in [0.25, 0.3) is 0 Å². The van der Waals surface area contributed by atoms with Crippen molar-refractivity contribution < 1.29 is 4.79 Å². The molecule has 7 rings (SSSR count). The molecule has 1 saturated carbocycles. The van der Waals surface area contributed by atoms with Crippen LogP contribution in [-0.4, -0.2) is 21.6 Å². The summed E-state index contributed by atoms with van der Waals surface area (Å²) >= 11 is 3.47. The monoisotopic (exact) mass is 511 g/mol. The number of amides is 1. The highest BCUT2D eigenvalue weighted by molar-refractivity contribution is 8.00. The molecule has 2 aliphatic carbocycles. The number of benzene rings is 2. The number of aryl methyl sites for hydroxylation is 3. The van der Waals surface area contributed by atoms with Crippen LogP contribution in [0.4, 0.5) is 11.4 Å². The lowest BCUT2D eigenvalue weighted by molar-refractivity contribution is -0.115. The second-order valence-electron chi connectivity index (χ2n) is 10.5. The Morgan fingerprint density at radius 1 is 0.972 bits per heavy atom. The van der Waals surface area contributed by atoms with Crippen LogP contribution in [0.25, 0.3) is 10.2 Å². The van der Waals surface area contributed by atoms with Gasteiger partial charge in [-0.05, 0) is 79.7 Å². The van der Waals surface area contributed by atoms with Crippen molar-refractivity contribution in [2.75, 3.05) is 10.7 Å². The summed E-state index contributed by atoms with van der Waals surface area (Å²) in [5.41, 5.74) is 5.93. The Hall–Kier alpha value is -2.70. The maximum atomic E-state index is 14.0. The lowest BCUT2D eigenvalue weighted by Crippen LogP contribution is -2.28. The first-order chi connectivity index (χ1) is 17.7. The summed E-state index contributed by atoms with van der Waals surface area (Å²) in [5.74, 6) is 2.67. The van der Waals surface area contributed by atoms with Crippen molar-refractivity contribution in [3.63, 3.8) is 0 Å². The number of hydrogen-bond acceptors (Lipinski definition) is 5. The number of rotatable bonds is 4. The van der Waals surface area contributed by atoms with E-state index in [1.807, 2.05) is 28.4 Å². The zero-order valence-corrected chi connectivity index (χ0v) is 22.1. The fourth-order valence-corrected chi connectivity index (χ4v) is 8.06. The van der Waals surface area contributed by atoms with E-state index >= 15 is 0 Å². The van der Waals surface area contributed by atoms with E-state index in [2.05, 4.69) is 43.3 Å². The summed E-state index contributed by atoms with van der Waals surface area (Å²) in [6.07, 6.45) is 7.70. The van der Waals surface area contributed by atoms with Crippen molar-refractivity contribution in [2.24, 2.45) is 5.92 Å². The number of carbonyl (C=O) groups excluding carboxylic acids is 1. The van der Waals surface area contributed by atoms with Gasteiger partial charge in [0.05, 0.1) is 17.1 Å². The van der Waals surface area contributed by atoms with Crippen LogP contribution < -0.4 is 4.90 Å². The lowest BCUT2D eigenvalue weighted by atomic mass is 9.89. The average Bonchev–Trinajstić information content (AvgIpc) is 3.70. The second kappa shape index (κ2) is 9.00. The average molecular weight is 512 g/mol. The van der Waals surface area contributed by atoms with Crippen LogP contribution in [0.1, 0.15) is 59.5 Å². The Kier molecular flexibility index (Phi) is 5.62. The molecule has 2 aromatic heterocycles. The van der Waals surface area contributed by atoms with Gasteiger partial charge in [0.2, 0.25) is 5.91 Å². The zero-order valence-electron chi connectivity index (χ0n) is 20.5. The van der Waals surface area contributed by atoms with Crippen LogP contribution in [0.2, 0.25) is 0 Å². The Morgan fingerprint density at radius 2 is 1.67 bits per heavy atom. The number of para-hydroxylation sites is 2. The van der Waals surface area contributed by atoms with Crippen LogP contribution in [0.5, 0.6) is 0 Å². The molecule has 3 heterocycles. The van der Waals surface area contributed by atoms with Crippen molar-refractivity contribution in [1.29, 1.82) is 0 Å². The van der Waals surface area contributed by atoms with Gasteiger partial charge < -0.3 is 0 Å². The van der Waals surface area contributed by atoms with E-state index < -0.39 is 0 Å². The SMILES string of the molecule is CC1CCc2c(sc3nc(C4CC4)nc(SCC(=O)N4c5ccccc5CCc5ccccc54)c23)C1. The molecule has 1 unspecified atom stereocenters. The number of anilines is 2. The highest BCUT2D eigenvalue weighted by Crippen LogP contribution is 2.45. The molecule has 182 valence electrons. The summed E-state index contributed by atoms with van der Waals surface area (Å²) in [7, 11) is 0. The number of nitrogens with zero attached hydrogens (tertiary/aromatic N) is 3. The molecule has 3 aliphatic rings. The fourth-order valence-electron chi connectivity index (χ4n) is 5.70. The first-order valence-corrected chi connectivity index (χ1v) is 14.9. The van der Waals surface area contributed by atoms with Crippen LogP contribution in [0, 0.1) is 5.92 Å². The van der Waals surface area contributed by atoms with Gasteiger partial charge in [-0.1, -0.05) is 55.1 Å². The fraction of sp³-hybridized carbons (Fsp3) is 0.367. The molecule has 6 heteroatoms. The smallest absolute Gasteiger partial charge is 0.241 e. The van der Waals surface area contributed by atoms with Crippen LogP contribution in [0.3, 0.4) is 0 Å². The summed E-state index contributed by atoms with van der Waals surface area (Å²) < 4.78 is 0. The highest BCUT2D eigenvalue weighted by Gasteiger charge is 2.31. The van der Waals surface area contributed by atoms with Crippen molar-refractivity contribution in [3.05, 3.63) is 75.9 Å². The van der Waals surface area contributed by atoms with Gasteiger partial charge >= 0.3 is 0 Å². The Morgan fingerprint density at radius 3 is 2.36 bits per heavy atom. The van der Waals surface area contributed by atoms with Crippen molar-refractivity contribution in [3.8, 4) is 0 Å². The number of carbonyl (C=O) groups is 1. The summed E-state index contributed by atoms with van der Waals surface area (Å²) in [5, 5.41) is 2.24. The minimum atomic E-state index is 0.110. The molecule has 36 heavy (non-hydrogen) atoms. The quantitative estimate of drug-likeness (QED) is 0.214. The van der Waals surface area contributed by atoms with Gasteiger partial charge in [-0.25, -0.2) is 9.97 Å². The van der Waals surface area contributed by atoms with Crippen LogP contribution in [-0.2, 0) is 30.5 Å². The van der Waals surface area contributed by atoms with Gasteiger partial charge in [0, 0.05) is 16.2 Å². The van der Waals surface area contributed by atoms with Crippen molar-refractivity contribution in [2.45, 2.75) is 62.8 Å². The lowest BCUT2D eigenvalue weighted by Gasteiger charge is -2.25. The predicted octanol–water partition coefficient (Wildman–Crippen LogP) is 7.25. The Bertz CT molecular complexity index is 1440. The van der Waals surface area contributed by atoms with Crippen molar-refractivity contribution >= 4 is 50.6 Å². The standard InChI is InChI=1S/C30H29N3OS2/c1-18-10-15-22-25(16-18)36-30-27(22)29(31-28(32-30)21-13-14-21)35-17-26(34)33-23-8-4-2-6-19(23)11-12-20-7-3-5-9-24(20)33/h2-9,18,21H,10-17H2,1H3. The number of fused-ring (bicyclic) bond motifs is 5. The van der Waals surface area contributed by atoms with Gasteiger partial charge in [0.15, 0.2) is 0 Å². The van der Waals surface area contributed by atoms with Crippen LogP contribution in [0.15, 0.2) is 53.6 Å². The van der Waals surface area contributed by atoms with Gasteiger partial charge in [0.1, 0.15) is 15.7 Å². The van der Waals surface area contributed by atoms with Gasteiger partial charge in [-0.15, -0.1) is 11.3 Å². The maximum absolute atomic E-state index is 14.0. The molecule has 4 aromatic rings. The third-order valence-corrected chi connectivity index (χ3v) is 9.90. The number of thiophene rings is 1. The minimum absolute atomic E-state index is 0.110. The predicted molar refractivity (Wildman–Crippen MR) is 149 cm³/mol. The third kappa shape index (κ3) is 3.95. The molecule has 0 N–H and O–H groups in total. The second-order valence-corrected chi connectivity index (χ2v) is 12.5. The first-order valence-electron chi connectivity index (χ1n) is 13.1. The van der Waals surface area contributed by atoms with E-state index in [9.17, 15) is 4.79 Å². The molecule has 1 fully saturated rings. The molecule has 4 nitrogen and oxygen atoms in total. The number of aromatic nitrogens is 2. The van der Waals surface area contributed by atoms with E-state index in [0.717, 1.165) is 58.7 Å². The topological polar surface area (TPSA) is 46.1 Å². The molecule has 1 aliphatic heterocycles. The third-order valence-electron chi connectivity index (χ3n) is 7.79. The van der Waals surface area contributed by atoms with Gasteiger partial charge in [-0.2, -0.15) is 0 Å². The summed E-state index contributed by atoms with van der Waals surface area (Å²) in [4.78, 5) is 28.6. The van der Waals surface area contributed by atoms with Crippen LogP contribution >= 0.6 is 23.1 Å². The van der Waals surface area contributed by atoms with E-state index in [-0.39, 0.29) is 5.91 Å². The zero-order chi connectivity index (χ0) is 24.2. The molecule has 2 aromatic carbocycles. The molecular weight excluding hydrogens is 482 g/mol. The van der Waals surface area contributed by atoms with Gasteiger partial charge in [-0.3, -0.25) is 9.69 Å². The molecule has 0 bridgehead atoms. The van der Waals surface area contributed by atoms with Crippen molar-refractivity contribution in [1.82, 2.24) is 9.97 Å².